The van der Waals surface area contributed by atoms with Gasteiger partial charge >= 0.3 is 0 Å². The lowest BCUT2D eigenvalue weighted by Gasteiger charge is -2.17. The zero-order valence-electron chi connectivity index (χ0n) is 13.8. The maximum absolute atomic E-state index is 12.5. The third-order valence-electron chi connectivity index (χ3n) is 3.69. The van der Waals surface area contributed by atoms with E-state index >= 15 is 0 Å². The number of hydrogen-bond acceptors (Lipinski definition) is 4. The van der Waals surface area contributed by atoms with Crippen LogP contribution < -0.4 is 9.47 Å². The normalized spacial score (nSPS) is 11.5. The summed E-state index contributed by atoms with van der Waals surface area (Å²) in [5.41, 5.74) is 0.964. The van der Waals surface area contributed by atoms with Gasteiger partial charge < -0.3 is 9.47 Å². The minimum Gasteiger partial charge on any atom is -0.493 e. The highest BCUT2D eigenvalue weighted by atomic mass is 35.5. The molecule has 0 aliphatic rings. The van der Waals surface area contributed by atoms with Crippen LogP contribution in [0, 0.1) is 0 Å². The average molecular weight is 370 g/mol. The predicted molar refractivity (Wildman–Crippen MR) is 94.5 cm³/mol. The molecule has 0 amide bonds. The van der Waals surface area contributed by atoms with E-state index in [1.165, 1.54) is 16.4 Å². The maximum Gasteiger partial charge on any atom is 0.242 e. The second kappa shape index (κ2) is 7.88. The van der Waals surface area contributed by atoms with E-state index in [1.807, 2.05) is 18.2 Å². The molecule has 0 aliphatic heterocycles. The topological polar surface area (TPSA) is 55.8 Å². The predicted octanol–water partition coefficient (Wildman–Crippen LogP) is 3.22. The lowest BCUT2D eigenvalue weighted by molar-refractivity contribution is 0.354. The summed E-state index contributed by atoms with van der Waals surface area (Å²) in [5, 5.41) is 0.502. The van der Waals surface area contributed by atoms with Crippen LogP contribution in [0.15, 0.2) is 47.4 Å². The van der Waals surface area contributed by atoms with Gasteiger partial charge in [-0.3, -0.25) is 0 Å². The van der Waals surface area contributed by atoms with Crippen molar-refractivity contribution in [1.29, 1.82) is 0 Å². The quantitative estimate of drug-likeness (QED) is 0.752. The van der Waals surface area contributed by atoms with Crippen LogP contribution in [0.2, 0.25) is 5.02 Å². The van der Waals surface area contributed by atoms with Gasteiger partial charge in [0.05, 0.1) is 19.1 Å². The van der Waals surface area contributed by atoms with E-state index in [0.29, 0.717) is 29.5 Å². The summed E-state index contributed by atoms with van der Waals surface area (Å²) in [6.45, 7) is 0.348. The Morgan fingerprint density at radius 2 is 1.62 bits per heavy atom. The molecule has 2 aromatic rings. The van der Waals surface area contributed by atoms with Crippen LogP contribution in [0.3, 0.4) is 0 Å². The van der Waals surface area contributed by atoms with E-state index in [0.717, 1.165) is 5.56 Å². The molecule has 130 valence electrons. The third kappa shape index (κ3) is 4.20. The lowest BCUT2D eigenvalue weighted by atomic mass is 10.1. The summed E-state index contributed by atoms with van der Waals surface area (Å²) in [6, 6.07) is 11.7. The summed E-state index contributed by atoms with van der Waals surface area (Å²) in [7, 11) is 1.17. The SMILES string of the molecule is COc1ccc(CCN(C)S(=O)(=O)c2ccc(Cl)cc2)cc1OC. The number of halogens is 1. The summed E-state index contributed by atoms with van der Waals surface area (Å²) >= 11 is 5.81. The van der Waals surface area contributed by atoms with Crippen molar-refractivity contribution in [1.82, 2.24) is 4.31 Å². The number of nitrogens with zero attached hydrogens (tertiary/aromatic N) is 1. The fraction of sp³-hybridized carbons (Fsp3) is 0.294. The van der Waals surface area contributed by atoms with E-state index in [2.05, 4.69) is 0 Å². The van der Waals surface area contributed by atoms with Crippen molar-refractivity contribution in [3.05, 3.63) is 53.1 Å². The van der Waals surface area contributed by atoms with E-state index in [4.69, 9.17) is 21.1 Å². The van der Waals surface area contributed by atoms with E-state index in [1.54, 1.807) is 33.4 Å². The minimum atomic E-state index is -3.54. The maximum atomic E-state index is 12.5. The molecule has 0 radical (unpaired) electrons. The van der Waals surface area contributed by atoms with Gasteiger partial charge in [0.15, 0.2) is 11.5 Å². The molecule has 24 heavy (non-hydrogen) atoms. The molecule has 0 saturated heterocycles. The Morgan fingerprint density at radius 1 is 1.00 bits per heavy atom. The van der Waals surface area contributed by atoms with E-state index in [-0.39, 0.29) is 4.90 Å². The summed E-state index contributed by atoms with van der Waals surface area (Å²) < 4.78 is 36.8. The van der Waals surface area contributed by atoms with Crippen molar-refractivity contribution in [2.75, 3.05) is 27.8 Å². The number of hydrogen-bond donors (Lipinski definition) is 0. The van der Waals surface area contributed by atoms with Crippen LogP contribution in [-0.2, 0) is 16.4 Å². The molecule has 0 unspecified atom stereocenters. The highest BCUT2D eigenvalue weighted by molar-refractivity contribution is 7.89. The molecule has 0 fully saturated rings. The number of ether oxygens (including phenoxy) is 2. The molecule has 0 spiro atoms. The van der Waals surface area contributed by atoms with Crippen LogP contribution >= 0.6 is 11.6 Å². The van der Waals surface area contributed by atoms with Gasteiger partial charge in [0.2, 0.25) is 10.0 Å². The summed E-state index contributed by atoms with van der Waals surface area (Å²) in [5.74, 6) is 1.27. The first kappa shape index (κ1) is 18.6. The Balaban J connectivity index is 2.09. The fourth-order valence-corrected chi connectivity index (χ4v) is 3.53. The van der Waals surface area contributed by atoms with Gasteiger partial charge in [-0.05, 0) is 48.4 Å². The second-order valence-electron chi connectivity index (χ2n) is 5.22. The third-order valence-corrected chi connectivity index (χ3v) is 5.81. The molecule has 2 aromatic carbocycles. The second-order valence-corrected chi connectivity index (χ2v) is 7.70. The molecule has 5 nitrogen and oxygen atoms in total. The highest BCUT2D eigenvalue weighted by Gasteiger charge is 2.20. The first-order valence-electron chi connectivity index (χ1n) is 7.31. The summed E-state index contributed by atoms with van der Waals surface area (Å²) in [6.07, 6.45) is 0.559. The number of likely N-dealkylation sites (N-methyl/N-ethyl adjacent to an activating group) is 1. The van der Waals surface area contributed by atoms with Gasteiger partial charge in [0.25, 0.3) is 0 Å². The number of sulfonamides is 1. The molecule has 0 atom stereocenters. The molecule has 0 N–H and O–H groups in total. The highest BCUT2D eigenvalue weighted by Crippen LogP contribution is 2.28. The molecule has 0 aliphatic carbocycles. The van der Waals surface area contributed by atoms with Crippen LogP contribution in [0.1, 0.15) is 5.56 Å². The van der Waals surface area contributed by atoms with Gasteiger partial charge in [-0.2, -0.15) is 0 Å². The number of methoxy groups -OCH3 is 2. The monoisotopic (exact) mass is 369 g/mol. The Labute approximate surface area is 147 Å². The molecule has 2 rings (SSSR count). The smallest absolute Gasteiger partial charge is 0.242 e. The van der Waals surface area contributed by atoms with Crippen molar-refractivity contribution in [3.8, 4) is 11.5 Å². The first-order valence-corrected chi connectivity index (χ1v) is 9.13. The van der Waals surface area contributed by atoms with Crippen LogP contribution in [0.4, 0.5) is 0 Å². The summed E-state index contributed by atoms with van der Waals surface area (Å²) in [4.78, 5) is 0.224. The molecular formula is C17H20ClNO4S. The molecule has 0 aromatic heterocycles. The Kier molecular flexibility index (Phi) is 6.10. The standard InChI is InChI=1S/C17H20ClNO4S/c1-19(24(20,21)15-7-5-14(18)6-8-15)11-10-13-4-9-16(22-2)17(12-13)23-3/h4-9,12H,10-11H2,1-3H3. The average Bonchev–Trinajstić information content (AvgIpc) is 2.59. The van der Waals surface area contributed by atoms with Crippen molar-refractivity contribution in [3.63, 3.8) is 0 Å². The van der Waals surface area contributed by atoms with Crippen LogP contribution in [0.25, 0.3) is 0 Å². The van der Waals surface area contributed by atoms with Gasteiger partial charge in [-0.1, -0.05) is 17.7 Å². The van der Waals surface area contributed by atoms with Gasteiger partial charge in [0, 0.05) is 18.6 Å². The minimum absolute atomic E-state index is 0.224. The Hall–Kier alpha value is -1.76. The van der Waals surface area contributed by atoms with Crippen LogP contribution in [-0.4, -0.2) is 40.5 Å². The lowest BCUT2D eigenvalue weighted by Crippen LogP contribution is -2.29. The molecule has 0 heterocycles. The zero-order valence-corrected chi connectivity index (χ0v) is 15.4. The van der Waals surface area contributed by atoms with Crippen molar-refractivity contribution in [2.45, 2.75) is 11.3 Å². The van der Waals surface area contributed by atoms with Gasteiger partial charge in [-0.15, -0.1) is 0 Å². The largest absolute Gasteiger partial charge is 0.493 e. The van der Waals surface area contributed by atoms with E-state index < -0.39 is 10.0 Å². The first-order chi connectivity index (χ1) is 11.4. The molecule has 0 bridgehead atoms. The fourth-order valence-electron chi connectivity index (χ4n) is 2.23. The molecular weight excluding hydrogens is 350 g/mol. The van der Waals surface area contributed by atoms with Crippen molar-refractivity contribution in [2.24, 2.45) is 0 Å². The number of benzene rings is 2. The zero-order chi connectivity index (χ0) is 17.7. The van der Waals surface area contributed by atoms with Crippen molar-refractivity contribution < 1.29 is 17.9 Å². The number of rotatable bonds is 7. The van der Waals surface area contributed by atoms with Crippen molar-refractivity contribution >= 4 is 21.6 Å². The van der Waals surface area contributed by atoms with Crippen LogP contribution in [0.5, 0.6) is 11.5 Å². The van der Waals surface area contributed by atoms with Gasteiger partial charge in [0.1, 0.15) is 0 Å². The molecule has 0 saturated carbocycles. The molecule has 7 heteroatoms. The Morgan fingerprint density at radius 3 is 2.21 bits per heavy atom. The van der Waals surface area contributed by atoms with Gasteiger partial charge in [-0.25, -0.2) is 12.7 Å². The Bertz CT molecular complexity index is 791. The van der Waals surface area contributed by atoms with E-state index in [9.17, 15) is 8.42 Å².